The molecule has 0 radical (unpaired) electrons. The minimum Gasteiger partial charge on any atom is -0.340 e. The highest BCUT2D eigenvalue weighted by Gasteiger charge is 2.15. The molecule has 0 saturated heterocycles. The van der Waals surface area contributed by atoms with Crippen LogP contribution in [0.25, 0.3) is 53.6 Å². The first-order valence-electron chi connectivity index (χ1n) is 16.0. The molecule has 0 aliphatic carbocycles. The molecule has 5 N–H and O–H groups in total. The van der Waals surface area contributed by atoms with E-state index in [1.54, 1.807) is 0 Å². The quantitative estimate of drug-likeness (QED) is 0.0321. The van der Waals surface area contributed by atoms with Crippen LogP contribution in [0.15, 0.2) is 117 Å². The average Bonchev–Trinajstić information content (AvgIpc) is 4.07. The largest absolute Gasteiger partial charge is 0.439 e. The van der Waals surface area contributed by atoms with E-state index in [1.165, 1.54) is 34.4 Å². The monoisotopic (exact) mass is 898 g/mol. The molecule has 21 heteroatoms. The molecule has 0 bridgehead atoms. The lowest BCUT2D eigenvalue weighted by Crippen LogP contribution is -2.09. The third kappa shape index (κ3) is 10.2. The number of thiophene rings is 2. The molecular weight excluding hydrogens is 877 g/mol. The fraction of sp³-hybridized carbons (Fsp3) is 0.0556. The fourth-order valence-electron chi connectivity index (χ4n) is 4.86. The summed E-state index contributed by atoms with van der Waals surface area (Å²) in [5.74, 6) is 0.185. The van der Waals surface area contributed by atoms with Crippen LogP contribution in [0.4, 0.5) is 11.4 Å². The van der Waals surface area contributed by atoms with Crippen molar-refractivity contribution in [3.63, 3.8) is 0 Å². The summed E-state index contributed by atoms with van der Waals surface area (Å²) < 4.78 is 9.18. The summed E-state index contributed by atoms with van der Waals surface area (Å²) in [7, 11) is 0. The number of thioether (sulfide) groups is 1. The maximum Gasteiger partial charge on any atom is 0.439 e. The molecule has 16 nitrogen and oxygen atoms in total. The van der Waals surface area contributed by atoms with Gasteiger partial charge in [0.15, 0.2) is 21.6 Å². The molecule has 284 valence electrons. The van der Waals surface area contributed by atoms with Crippen molar-refractivity contribution < 1.29 is 9.05 Å². The Morgan fingerprint density at radius 2 is 1.30 bits per heavy atom. The summed E-state index contributed by atoms with van der Waals surface area (Å²) in [4.78, 5) is 71.0. The Hall–Kier alpha value is -6.49. The number of nitrogens with one attached hydrogen (secondary N) is 5. The average molecular weight is 900 g/mol. The Bertz CT molecular complexity index is 3020. The van der Waals surface area contributed by atoms with Gasteiger partial charge in [-0.3, -0.25) is 28.6 Å². The van der Waals surface area contributed by atoms with Crippen molar-refractivity contribution in [3.8, 4) is 43.9 Å². The number of nitrogens with zero attached hydrogens (tertiary/aromatic N) is 5. The van der Waals surface area contributed by atoms with Crippen molar-refractivity contribution in [2.45, 2.75) is 16.2 Å². The van der Waals surface area contributed by atoms with Crippen LogP contribution in [0.2, 0.25) is 0 Å². The molecule has 8 aromatic rings. The SMILES string of the molecule is O=c1[nH]c(-c2cccc(CBr)c2)no1.[C-]#[N+]c1c(-c2cccs2)[nH]c(=S)[nH]c1=O.[C-]#[N+]c1c(-c2cccs2)nc(SCc2cccc(-c3noc(=O)[nH]3)c2)[nH]c1=O. The maximum absolute atomic E-state index is 12.3. The standard InChI is InChI=1S/C18H11N5O3S2.C9H7BrN2O2.C9H5N3OS2/c1-19-14-13(12-6-3-7-27-12)20-17(22-16(14)24)28-9-10-4-2-5-11(8-10)15-21-18(25)26-23-15;10-5-6-2-1-3-7(4-6)8-11-9(13)14-12-8;1-10-7-6(5-3-2-4-15-5)11-9(14)12-8(7)13/h2-8H,9H2,(H,20,22,24)(H,21,23,25);1-4H,5H2,(H,11,12,13);2-4H,(H2,11,12,13,14). The molecule has 2 aromatic carbocycles. The second-order valence-corrected chi connectivity index (χ2v) is 14.9. The van der Waals surface area contributed by atoms with E-state index in [4.69, 9.17) is 25.4 Å². The number of H-pyrrole nitrogens is 5. The van der Waals surface area contributed by atoms with Gasteiger partial charge < -0.3 is 15.0 Å². The minimum absolute atomic E-state index is 0.0104. The first-order valence-corrected chi connectivity index (χ1v) is 20.3. The van der Waals surface area contributed by atoms with Gasteiger partial charge in [0.2, 0.25) is 0 Å². The van der Waals surface area contributed by atoms with Crippen molar-refractivity contribution >= 4 is 74.0 Å². The Morgan fingerprint density at radius 3 is 1.84 bits per heavy atom. The first kappa shape index (κ1) is 40.2. The van der Waals surface area contributed by atoms with E-state index in [1.807, 2.05) is 83.6 Å². The Kier molecular flexibility index (Phi) is 13.3. The highest BCUT2D eigenvalue weighted by atomic mass is 79.9. The maximum atomic E-state index is 12.3. The smallest absolute Gasteiger partial charge is 0.340 e. The van der Waals surface area contributed by atoms with Gasteiger partial charge in [-0.1, -0.05) is 86.5 Å². The third-order valence-corrected chi connectivity index (χ3v) is 10.9. The summed E-state index contributed by atoms with van der Waals surface area (Å²) >= 11 is 12.4. The summed E-state index contributed by atoms with van der Waals surface area (Å²) in [5, 5.41) is 12.2. The number of hydrogen-bond donors (Lipinski definition) is 5. The van der Waals surface area contributed by atoms with E-state index in [2.05, 4.69) is 74.9 Å². The van der Waals surface area contributed by atoms with Crippen LogP contribution >= 0.6 is 62.6 Å². The van der Waals surface area contributed by atoms with Gasteiger partial charge in [-0.05, 0) is 58.4 Å². The summed E-state index contributed by atoms with van der Waals surface area (Å²) in [6.45, 7) is 14.2. The van der Waals surface area contributed by atoms with E-state index < -0.39 is 22.6 Å². The van der Waals surface area contributed by atoms with Gasteiger partial charge in [-0.2, -0.15) is 0 Å². The minimum atomic E-state index is -0.613. The number of alkyl halides is 1. The molecule has 0 unspecified atom stereocenters. The van der Waals surface area contributed by atoms with E-state index in [-0.39, 0.29) is 16.1 Å². The van der Waals surface area contributed by atoms with Crippen molar-refractivity contribution in [2.75, 3.05) is 0 Å². The molecule has 0 fully saturated rings. The van der Waals surface area contributed by atoms with Gasteiger partial charge in [0, 0.05) is 32.0 Å². The Labute approximate surface area is 345 Å². The van der Waals surface area contributed by atoms with Gasteiger partial charge in [-0.25, -0.2) is 24.3 Å². The van der Waals surface area contributed by atoms with Crippen molar-refractivity contribution in [1.82, 2.24) is 40.2 Å². The van der Waals surface area contributed by atoms with Crippen LogP contribution in [0.5, 0.6) is 0 Å². The highest BCUT2D eigenvalue weighted by Crippen LogP contribution is 2.32. The van der Waals surface area contributed by atoms with Gasteiger partial charge in [0.1, 0.15) is 0 Å². The molecule has 0 aliphatic rings. The van der Waals surface area contributed by atoms with Crippen LogP contribution in [-0.4, -0.2) is 40.2 Å². The molecule has 0 saturated carbocycles. The number of halogens is 1. The molecule has 8 rings (SSSR count). The summed E-state index contributed by atoms with van der Waals surface area (Å²) in [5.41, 5.74) is 3.64. The van der Waals surface area contributed by atoms with Crippen molar-refractivity contribution in [3.05, 3.63) is 164 Å². The third-order valence-electron chi connectivity index (χ3n) is 7.35. The van der Waals surface area contributed by atoms with E-state index in [9.17, 15) is 19.2 Å². The van der Waals surface area contributed by atoms with Crippen molar-refractivity contribution in [1.29, 1.82) is 0 Å². The lowest BCUT2D eigenvalue weighted by molar-refractivity contribution is 0.387. The first-order chi connectivity index (χ1) is 27.6. The van der Waals surface area contributed by atoms with Crippen molar-refractivity contribution in [2.24, 2.45) is 0 Å². The van der Waals surface area contributed by atoms with E-state index >= 15 is 0 Å². The number of aromatic amines is 5. The second kappa shape index (κ2) is 18.9. The number of benzene rings is 2. The highest BCUT2D eigenvalue weighted by molar-refractivity contribution is 9.08. The molecule has 0 spiro atoms. The predicted molar refractivity (Wildman–Crippen MR) is 224 cm³/mol. The van der Waals surface area contributed by atoms with Crippen LogP contribution < -0.4 is 22.6 Å². The molecular formula is C36H23BrN10O6S4. The molecule has 0 amide bonds. The zero-order valence-corrected chi connectivity index (χ0v) is 33.5. The van der Waals surface area contributed by atoms with Gasteiger partial charge >= 0.3 is 11.5 Å². The zero-order chi connectivity index (χ0) is 40.3. The van der Waals surface area contributed by atoms with Crippen LogP contribution in [-0.2, 0) is 11.1 Å². The van der Waals surface area contributed by atoms with Gasteiger partial charge in [0.05, 0.1) is 24.5 Å². The number of rotatable bonds is 8. The van der Waals surface area contributed by atoms with Gasteiger partial charge in [0.25, 0.3) is 22.5 Å². The van der Waals surface area contributed by atoms with Crippen LogP contribution in [0.1, 0.15) is 11.1 Å². The topological polar surface area (TPSA) is 221 Å². The van der Waals surface area contributed by atoms with E-state index in [0.29, 0.717) is 39.5 Å². The number of hydrogen-bond acceptors (Lipinski definition) is 13. The second-order valence-electron chi connectivity index (χ2n) is 11.1. The molecule has 0 aliphatic heterocycles. The molecule has 6 aromatic heterocycles. The van der Waals surface area contributed by atoms with Crippen LogP contribution in [0, 0.1) is 17.9 Å². The Balaban J connectivity index is 0.000000159. The fourth-order valence-corrected chi connectivity index (χ4v) is 7.65. The lowest BCUT2D eigenvalue weighted by Gasteiger charge is -2.06. The Morgan fingerprint density at radius 1 is 0.719 bits per heavy atom. The van der Waals surface area contributed by atoms with Crippen LogP contribution in [0.3, 0.4) is 0 Å². The summed E-state index contributed by atoms with van der Waals surface area (Å²) in [6, 6.07) is 22.5. The predicted octanol–water partition coefficient (Wildman–Crippen LogP) is 8.32. The normalized spacial score (nSPS) is 10.4. The zero-order valence-electron chi connectivity index (χ0n) is 28.7. The summed E-state index contributed by atoms with van der Waals surface area (Å²) in [6.07, 6.45) is 0. The lowest BCUT2D eigenvalue weighted by atomic mass is 10.1. The van der Waals surface area contributed by atoms with E-state index in [0.717, 1.165) is 31.8 Å². The molecule has 57 heavy (non-hydrogen) atoms. The number of aromatic nitrogens is 8. The van der Waals surface area contributed by atoms with Gasteiger partial charge in [-0.15, -0.1) is 22.7 Å². The molecule has 6 heterocycles. The molecule has 0 atom stereocenters.